The fraction of sp³-hybridized carbons (Fsp3) is 0.278. The third-order valence-electron chi connectivity index (χ3n) is 3.61. The minimum atomic E-state index is -3.84. The molecule has 2 aromatic rings. The van der Waals surface area contributed by atoms with Crippen LogP contribution >= 0.6 is 22.6 Å². The first-order chi connectivity index (χ1) is 12.3. The second-order valence-corrected chi connectivity index (χ2v) is 9.06. The third kappa shape index (κ3) is 5.68. The van der Waals surface area contributed by atoms with Gasteiger partial charge in [0, 0.05) is 16.7 Å². The molecule has 1 N–H and O–H groups in total. The van der Waals surface area contributed by atoms with Crippen molar-refractivity contribution in [1.82, 2.24) is 10.2 Å². The van der Waals surface area contributed by atoms with Crippen molar-refractivity contribution in [3.63, 3.8) is 0 Å². The molecule has 0 heterocycles. The monoisotopic (exact) mass is 487 g/mol. The SMILES string of the molecule is CN(C)CCNC(=O)CN(c1ccc(I)cc1)S(=O)(=O)c1ccccc1. The Morgan fingerprint density at radius 1 is 1.04 bits per heavy atom. The fourth-order valence-corrected chi connectivity index (χ4v) is 4.05. The molecule has 0 atom stereocenters. The van der Waals surface area contributed by atoms with Crippen molar-refractivity contribution in [3.05, 3.63) is 58.2 Å². The average molecular weight is 487 g/mol. The highest BCUT2D eigenvalue weighted by atomic mass is 127. The van der Waals surface area contributed by atoms with Crippen molar-refractivity contribution in [2.24, 2.45) is 0 Å². The van der Waals surface area contributed by atoms with Gasteiger partial charge in [0.2, 0.25) is 5.91 Å². The number of hydrogen-bond donors (Lipinski definition) is 1. The second-order valence-electron chi connectivity index (χ2n) is 5.95. The predicted octanol–water partition coefficient (Wildman–Crippen LogP) is 2.16. The van der Waals surface area contributed by atoms with Crippen molar-refractivity contribution in [3.8, 4) is 0 Å². The highest BCUT2D eigenvalue weighted by molar-refractivity contribution is 14.1. The molecule has 0 saturated carbocycles. The maximum atomic E-state index is 13.1. The van der Waals surface area contributed by atoms with Gasteiger partial charge in [-0.25, -0.2) is 8.42 Å². The zero-order valence-electron chi connectivity index (χ0n) is 14.7. The number of nitrogens with one attached hydrogen (secondary N) is 1. The summed E-state index contributed by atoms with van der Waals surface area (Å²) in [6, 6.07) is 15.2. The molecular weight excluding hydrogens is 465 g/mol. The van der Waals surface area contributed by atoms with Gasteiger partial charge in [0.1, 0.15) is 6.54 Å². The predicted molar refractivity (Wildman–Crippen MR) is 112 cm³/mol. The first-order valence-electron chi connectivity index (χ1n) is 8.05. The average Bonchev–Trinajstić information content (AvgIpc) is 2.61. The number of likely N-dealkylation sites (N-methyl/N-ethyl adjacent to an activating group) is 1. The van der Waals surface area contributed by atoms with E-state index in [9.17, 15) is 13.2 Å². The van der Waals surface area contributed by atoms with Gasteiger partial charge in [-0.15, -0.1) is 0 Å². The van der Waals surface area contributed by atoms with Crippen molar-refractivity contribution < 1.29 is 13.2 Å². The first kappa shape index (κ1) is 20.7. The molecule has 0 aromatic heterocycles. The maximum Gasteiger partial charge on any atom is 0.264 e. The molecule has 0 saturated heterocycles. The summed E-state index contributed by atoms with van der Waals surface area (Å²) in [4.78, 5) is 14.4. The highest BCUT2D eigenvalue weighted by Gasteiger charge is 2.26. The standard InChI is InChI=1S/C18H22IN3O3S/c1-21(2)13-12-20-18(23)14-22(16-10-8-15(19)9-11-16)26(24,25)17-6-4-3-5-7-17/h3-11H,12-14H2,1-2H3,(H,20,23). The van der Waals surface area contributed by atoms with E-state index >= 15 is 0 Å². The molecule has 0 aliphatic carbocycles. The van der Waals surface area contributed by atoms with Crippen molar-refractivity contribution in [2.75, 3.05) is 38.0 Å². The molecule has 0 spiro atoms. The molecule has 6 nitrogen and oxygen atoms in total. The summed E-state index contributed by atoms with van der Waals surface area (Å²) in [5.74, 6) is -0.343. The van der Waals surface area contributed by atoms with Crippen molar-refractivity contribution in [2.45, 2.75) is 4.90 Å². The lowest BCUT2D eigenvalue weighted by Gasteiger charge is -2.24. The topological polar surface area (TPSA) is 69.7 Å². The normalized spacial score (nSPS) is 11.4. The molecule has 2 aromatic carbocycles. The molecule has 0 unspecified atom stereocenters. The van der Waals surface area contributed by atoms with Crippen LogP contribution < -0.4 is 9.62 Å². The maximum absolute atomic E-state index is 13.1. The molecule has 0 aliphatic heterocycles. The third-order valence-corrected chi connectivity index (χ3v) is 6.12. The smallest absolute Gasteiger partial charge is 0.264 e. The molecule has 0 radical (unpaired) electrons. The van der Waals surface area contributed by atoms with Crippen molar-refractivity contribution >= 4 is 44.2 Å². The number of hydrogen-bond acceptors (Lipinski definition) is 4. The van der Waals surface area contributed by atoms with E-state index in [0.29, 0.717) is 18.8 Å². The molecule has 2 rings (SSSR count). The van der Waals surface area contributed by atoms with E-state index < -0.39 is 10.0 Å². The number of rotatable bonds is 8. The van der Waals surface area contributed by atoms with Crippen LogP contribution in [0, 0.1) is 3.57 Å². The number of sulfonamides is 1. The van der Waals surface area contributed by atoms with Crippen LogP contribution in [0.2, 0.25) is 0 Å². The number of carbonyl (C=O) groups is 1. The summed E-state index contributed by atoms with van der Waals surface area (Å²) in [7, 11) is -0.0305. The van der Waals surface area contributed by atoms with Gasteiger partial charge in [-0.3, -0.25) is 9.10 Å². The van der Waals surface area contributed by atoms with Crippen LogP contribution in [0.25, 0.3) is 0 Å². The Morgan fingerprint density at radius 2 is 1.65 bits per heavy atom. The Morgan fingerprint density at radius 3 is 2.23 bits per heavy atom. The number of nitrogens with zero attached hydrogens (tertiary/aromatic N) is 2. The zero-order chi connectivity index (χ0) is 19.2. The quantitative estimate of drug-likeness (QED) is 0.580. The van der Waals surface area contributed by atoms with E-state index in [1.165, 1.54) is 12.1 Å². The molecule has 0 aliphatic rings. The van der Waals surface area contributed by atoms with E-state index in [0.717, 1.165) is 7.88 Å². The summed E-state index contributed by atoms with van der Waals surface area (Å²) < 4.78 is 28.3. The van der Waals surface area contributed by atoms with Crippen LogP contribution in [0.3, 0.4) is 0 Å². The lowest BCUT2D eigenvalue weighted by molar-refractivity contribution is -0.119. The number of carbonyl (C=O) groups excluding carboxylic acids is 1. The van der Waals surface area contributed by atoms with Gasteiger partial charge in [0.25, 0.3) is 10.0 Å². The summed E-state index contributed by atoms with van der Waals surface area (Å²) in [6.45, 7) is 0.865. The van der Waals surface area contributed by atoms with Gasteiger partial charge in [-0.2, -0.15) is 0 Å². The number of amides is 1. The largest absolute Gasteiger partial charge is 0.353 e. The minimum absolute atomic E-state index is 0.152. The molecule has 1 amide bonds. The number of benzene rings is 2. The van der Waals surface area contributed by atoms with Crippen LogP contribution in [0.5, 0.6) is 0 Å². The van der Waals surface area contributed by atoms with E-state index in [4.69, 9.17) is 0 Å². The molecule has 8 heteroatoms. The summed E-state index contributed by atoms with van der Waals surface area (Å²) in [5.41, 5.74) is 0.456. The molecule has 26 heavy (non-hydrogen) atoms. The number of halogens is 1. The Labute approximate surface area is 168 Å². The van der Waals surface area contributed by atoms with Gasteiger partial charge in [0.15, 0.2) is 0 Å². The molecule has 0 bridgehead atoms. The first-order valence-corrected chi connectivity index (χ1v) is 10.6. The lowest BCUT2D eigenvalue weighted by atomic mass is 10.3. The van der Waals surface area contributed by atoms with E-state index in [-0.39, 0.29) is 17.3 Å². The van der Waals surface area contributed by atoms with Gasteiger partial charge < -0.3 is 10.2 Å². The van der Waals surface area contributed by atoms with E-state index in [1.807, 2.05) is 31.1 Å². The van der Waals surface area contributed by atoms with Gasteiger partial charge in [-0.1, -0.05) is 18.2 Å². The van der Waals surface area contributed by atoms with Crippen LogP contribution in [-0.4, -0.2) is 53.0 Å². The fourth-order valence-electron chi connectivity index (χ4n) is 2.25. The van der Waals surface area contributed by atoms with E-state index in [2.05, 4.69) is 27.9 Å². The van der Waals surface area contributed by atoms with Crippen LogP contribution in [-0.2, 0) is 14.8 Å². The zero-order valence-corrected chi connectivity index (χ0v) is 17.7. The highest BCUT2D eigenvalue weighted by Crippen LogP contribution is 2.24. The molecule has 140 valence electrons. The van der Waals surface area contributed by atoms with Gasteiger partial charge in [0.05, 0.1) is 10.6 Å². The van der Waals surface area contributed by atoms with E-state index in [1.54, 1.807) is 30.3 Å². The summed E-state index contributed by atoms with van der Waals surface area (Å²) in [6.07, 6.45) is 0. The second kappa shape index (κ2) is 9.33. The van der Waals surface area contributed by atoms with Crippen LogP contribution in [0.4, 0.5) is 5.69 Å². The van der Waals surface area contributed by atoms with Gasteiger partial charge in [-0.05, 0) is 73.1 Å². The summed E-state index contributed by atoms with van der Waals surface area (Å²) in [5, 5.41) is 2.76. The van der Waals surface area contributed by atoms with Crippen molar-refractivity contribution in [1.29, 1.82) is 0 Å². The lowest BCUT2D eigenvalue weighted by Crippen LogP contribution is -2.42. The van der Waals surface area contributed by atoms with Crippen LogP contribution in [0.1, 0.15) is 0 Å². The summed E-state index contributed by atoms with van der Waals surface area (Å²) >= 11 is 2.15. The Balaban J connectivity index is 2.28. The number of anilines is 1. The molecular formula is C18H22IN3O3S. The van der Waals surface area contributed by atoms with Gasteiger partial charge >= 0.3 is 0 Å². The Kier molecular flexibility index (Phi) is 7.42. The molecule has 0 fully saturated rings. The minimum Gasteiger partial charge on any atom is -0.353 e. The van der Waals surface area contributed by atoms with Crippen LogP contribution in [0.15, 0.2) is 59.5 Å². The Hall–Kier alpha value is -1.65. The Bertz CT molecular complexity index is 825.